The van der Waals surface area contributed by atoms with Crippen LogP contribution in [0, 0.1) is 0 Å². The molecule has 1 unspecified atom stereocenters. The Kier molecular flexibility index (Phi) is 6.44. The standard InChI is InChI=1S/C17H18Cl3N3O/c1-9(2)16-21-8-13(20)15(23-16)17(24)22-7-10(3)14-11(18)5-4-6-12(14)19/h4-6,8-10H,7H2,1-3H3,(H,22,24). The fraction of sp³-hybridized carbons (Fsp3) is 0.353. The van der Waals surface area contributed by atoms with Gasteiger partial charge in [-0.3, -0.25) is 4.79 Å². The van der Waals surface area contributed by atoms with Crippen LogP contribution in [0.4, 0.5) is 0 Å². The van der Waals surface area contributed by atoms with E-state index in [4.69, 9.17) is 34.8 Å². The summed E-state index contributed by atoms with van der Waals surface area (Å²) in [6, 6.07) is 5.34. The summed E-state index contributed by atoms with van der Waals surface area (Å²) in [6.07, 6.45) is 1.45. The van der Waals surface area contributed by atoms with E-state index in [1.807, 2.05) is 20.8 Å². The van der Waals surface area contributed by atoms with Crippen molar-refractivity contribution in [1.82, 2.24) is 15.3 Å². The summed E-state index contributed by atoms with van der Waals surface area (Å²) in [5.41, 5.74) is 0.977. The number of halogens is 3. The van der Waals surface area contributed by atoms with E-state index in [9.17, 15) is 4.79 Å². The predicted octanol–water partition coefficient (Wildman–Crippen LogP) is 5.09. The quantitative estimate of drug-likeness (QED) is 0.778. The summed E-state index contributed by atoms with van der Waals surface area (Å²) in [5.74, 6) is 0.279. The molecular weight excluding hydrogens is 369 g/mol. The second-order valence-corrected chi connectivity index (χ2v) is 7.05. The van der Waals surface area contributed by atoms with Crippen molar-refractivity contribution in [3.05, 3.63) is 56.5 Å². The highest BCUT2D eigenvalue weighted by atomic mass is 35.5. The Morgan fingerprint density at radius 2 is 1.75 bits per heavy atom. The molecule has 1 amide bonds. The van der Waals surface area contributed by atoms with Gasteiger partial charge in [-0.1, -0.05) is 61.6 Å². The van der Waals surface area contributed by atoms with Crippen LogP contribution in [0.1, 0.15) is 54.5 Å². The Morgan fingerprint density at radius 1 is 1.12 bits per heavy atom. The summed E-state index contributed by atoms with van der Waals surface area (Å²) in [5, 5.41) is 4.20. The van der Waals surface area contributed by atoms with Crippen LogP contribution < -0.4 is 5.32 Å². The minimum Gasteiger partial charge on any atom is -0.350 e. The smallest absolute Gasteiger partial charge is 0.271 e. The minimum absolute atomic E-state index is 0.0552. The van der Waals surface area contributed by atoms with E-state index in [2.05, 4.69) is 15.3 Å². The second kappa shape index (κ2) is 8.15. The number of hydrogen-bond acceptors (Lipinski definition) is 3. The molecule has 7 heteroatoms. The van der Waals surface area contributed by atoms with Gasteiger partial charge in [-0.2, -0.15) is 0 Å². The Morgan fingerprint density at radius 3 is 2.33 bits per heavy atom. The predicted molar refractivity (Wildman–Crippen MR) is 98.3 cm³/mol. The van der Waals surface area contributed by atoms with Gasteiger partial charge in [-0.25, -0.2) is 9.97 Å². The number of carbonyl (C=O) groups is 1. The molecule has 1 heterocycles. The van der Waals surface area contributed by atoms with Crippen molar-refractivity contribution in [2.24, 2.45) is 0 Å². The molecule has 4 nitrogen and oxygen atoms in total. The third kappa shape index (κ3) is 4.38. The van der Waals surface area contributed by atoms with Gasteiger partial charge in [0.25, 0.3) is 5.91 Å². The van der Waals surface area contributed by atoms with Gasteiger partial charge in [0.1, 0.15) is 11.5 Å². The average Bonchev–Trinajstić information content (AvgIpc) is 2.52. The molecule has 0 saturated heterocycles. The number of rotatable bonds is 5. The van der Waals surface area contributed by atoms with E-state index >= 15 is 0 Å². The van der Waals surface area contributed by atoms with Crippen LogP contribution in [-0.2, 0) is 0 Å². The molecule has 24 heavy (non-hydrogen) atoms. The zero-order chi connectivity index (χ0) is 17.9. The maximum Gasteiger partial charge on any atom is 0.271 e. The monoisotopic (exact) mass is 385 g/mol. The Bertz CT molecular complexity index is 730. The van der Waals surface area contributed by atoms with Crippen molar-refractivity contribution in [3.8, 4) is 0 Å². The summed E-state index contributed by atoms with van der Waals surface area (Å²) in [4.78, 5) is 20.8. The van der Waals surface area contributed by atoms with Crippen LogP contribution in [-0.4, -0.2) is 22.4 Å². The maximum atomic E-state index is 12.4. The van der Waals surface area contributed by atoms with E-state index in [1.165, 1.54) is 6.20 Å². The lowest BCUT2D eigenvalue weighted by Gasteiger charge is -2.16. The highest BCUT2D eigenvalue weighted by Crippen LogP contribution is 2.31. The van der Waals surface area contributed by atoms with E-state index in [0.29, 0.717) is 22.4 Å². The minimum atomic E-state index is -0.348. The summed E-state index contributed by atoms with van der Waals surface area (Å²) >= 11 is 18.4. The number of nitrogens with zero attached hydrogens (tertiary/aromatic N) is 2. The number of hydrogen-bond donors (Lipinski definition) is 1. The van der Waals surface area contributed by atoms with Crippen LogP contribution in [0.2, 0.25) is 15.1 Å². The van der Waals surface area contributed by atoms with Crippen molar-refractivity contribution in [3.63, 3.8) is 0 Å². The van der Waals surface area contributed by atoms with Crippen molar-refractivity contribution in [2.75, 3.05) is 6.54 Å². The molecule has 2 aromatic rings. The number of benzene rings is 1. The molecule has 0 saturated carbocycles. The first-order chi connectivity index (χ1) is 11.3. The number of aromatic nitrogens is 2. The molecule has 1 aromatic heterocycles. The fourth-order valence-electron chi connectivity index (χ4n) is 2.23. The zero-order valence-corrected chi connectivity index (χ0v) is 15.9. The molecule has 2 rings (SSSR count). The fourth-order valence-corrected chi connectivity index (χ4v) is 3.18. The van der Waals surface area contributed by atoms with E-state index in [0.717, 1.165) is 5.56 Å². The number of amides is 1. The van der Waals surface area contributed by atoms with E-state index < -0.39 is 0 Å². The highest BCUT2D eigenvalue weighted by molar-refractivity contribution is 6.36. The topological polar surface area (TPSA) is 54.9 Å². The molecule has 0 spiro atoms. The van der Waals surface area contributed by atoms with Crippen molar-refractivity contribution >= 4 is 40.7 Å². The Balaban J connectivity index is 2.12. The molecule has 1 aromatic carbocycles. The van der Waals surface area contributed by atoms with Gasteiger partial charge in [0.05, 0.1) is 11.2 Å². The summed E-state index contributed by atoms with van der Waals surface area (Å²) in [7, 11) is 0. The molecule has 0 bridgehead atoms. The molecule has 0 fully saturated rings. The van der Waals surface area contributed by atoms with Gasteiger partial charge in [-0.05, 0) is 17.7 Å². The first-order valence-corrected chi connectivity index (χ1v) is 8.69. The van der Waals surface area contributed by atoms with Crippen LogP contribution in [0.3, 0.4) is 0 Å². The number of nitrogens with one attached hydrogen (secondary N) is 1. The third-order valence-corrected chi connectivity index (χ3v) is 4.49. The van der Waals surface area contributed by atoms with Crippen LogP contribution in [0.5, 0.6) is 0 Å². The molecular formula is C17H18Cl3N3O. The highest BCUT2D eigenvalue weighted by Gasteiger charge is 2.18. The van der Waals surface area contributed by atoms with Crippen molar-refractivity contribution in [2.45, 2.75) is 32.6 Å². The summed E-state index contributed by atoms with van der Waals surface area (Å²) < 4.78 is 0. The molecule has 1 atom stereocenters. The van der Waals surface area contributed by atoms with Crippen LogP contribution in [0.25, 0.3) is 0 Å². The van der Waals surface area contributed by atoms with Gasteiger partial charge in [0.15, 0.2) is 0 Å². The SMILES string of the molecule is CC(C)c1ncc(Cl)c(C(=O)NCC(C)c2c(Cl)cccc2Cl)n1. The first-order valence-electron chi connectivity index (χ1n) is 7.55. The molecule has 0 aliphatic rings. The lowest BCUT2D eigenvalue weighted by atomic mass is 10.0. The average molecular weight is 387 g/mol. The summed E-state index contributed by atoms with van der Waals surface area (Å²) in [6.45, 7) is 6.20. The lowest BCUT2D eigenvalue weighted by Crippen LogP contribution is -2.29. The third-order valence-electron chi connectivity index (χ3n) is 3.56. The van der Waals surface area contributed by atoms with Crippen LogP contribution in [0.15, 0.2) is 24.4 Å². The van der Waals surface area contributed by atoms with Gasteiger partial charge in [0.2, 0.25) is 0 Å². The van der Waals surface area contributed by atoms with Crippen molar-refractivity contribution in [1.29, 1.82) is 0 Å². The molecule has 0 aliphatic carbocycles. The van der Waals surface area contributed by atoms with E-state index in [1.54, 1.807) is 18.2 Å². The molecule has 0 aliphatic heterocycles. The van der Waals surface area contributed by atoms with Crippen molar-refractivity contribution < 1.29 is 4.79 Å². The first kappa shape index (κ1) is 19.0. The maximum absolute atomic E-state index is 12.4. The van der Waals surface area contributed by atoms with Gasteiger partial charge in [-0.15, -0.1) is 0 Å². The van der Waals surface area contributed by atoms with Gasteiger partial charge in [0, 0.05) is 28.4 Å². The second-order valence-electron chi connectivity index (χ2n) is 5.83. The Hall–Kier alpha value is -1.36. The van der Waals surface area contributed by atoms with Gasteiger partial charge < -0.3 is 5.32 Å². The molecule has 128 valence electrons. The van der Waals surface area contributed by atoms with Gasteiger partial charge >= 0.3 is 0 Å². The van der Waals surface area contributed by atoms with Crippen LogP contribution >= 0.6 is 34.8 Å². The Labute approximate surface area is 156 Å². The normalized spacial score (nSPS) is 12.3. The largest absolute Gasteiger partial charge is 0.350 e. The lowest BCUT2D eigenvalue weighted by molar-refractivity contribution is 0.0946. The molecule has 1 N–H and O–H groups in total. The zero-order valence-electron chi connectivity index (χ0n) is 13.6. The van der Waals surface area contributed by atoms with E-state index in [-0.39, 0.29) is 28.5 Å². The molecule has 0 radical (unpaired) electrons. The number of carbonyl (C=O) groups excluding carboxylic acids is 1.